The Morgan fingerprint density at radius 3 is 2.61 bits per heavy atom. The van der Waals surface area contributed by atoms with Crippen molar-refractivity contribution in [3.63, 3.8) is 0 Å². The largest absolute Gasteiger partial charge is 0.493 e. The van der Waals surface area contributed by atoms with Gasteiger partial charge in [0.05, 0.1) is 19.2 Å². The Balaban J connectivity index is 1.99. The molecule has 0 bridgehead atoms. The van der Waals surface area contributed by atoms with Crippen molar-refractivity contribution in [1.82, 2.24) is 5.32 Å². The molecule has 4 heteroatoms. The molecule has 1 aliphatic rings. The van der Waals surface area contributed by atoms with E-state index < -0.39 is 0 Å². The van der Waals surface area contributed by atoms with Crippen LogP contribution >= 0.6 is 11.6 Å². The van der Waals surface area contributed by atoms with Crippen LogP contribution in [0.25, 0.3) is 0 Å². The van der Waals surface area contributed by atoms with E-state index in [1.165, 1.54) is 6.42 Å². The molecule has 0 aliphatic heterocycles. The van der Waals surface area contributed by atoms with Gasteiger partial charge in [0.2, 0.25) is 0 Å². The topological polar surface area (TPSA) is 30.5 Å². The lowest BCUT2D eigenvalue weighted by Gasteiger charge is -2.13. The molecule has 2 rings (SSSR count). The van der Waals surface area contributed by atoms with Gasteiger partial charge in [0.25, 0.3) is 0 Å². The summed E-state index contributed by atoms with van der Waals surface area (Å²) >= 11 is 6.31. The van der Waals surface area contributed by atoms with Crippen LogP contribution in [0.15, 0.2) is 12.1 Å². The fourth-order valence-electron chi connectivity index (χ4n) is 2.14. The predicted molar refractivity (Wildman–Crippen MR) is 73.5 cm³/mol. The van der Waals surface area contributed by atoms with Crippen molar-refractivity contribution in [2.24, 2.45) is 11.8 Å². The van der Waals surface area contributed by atoms with Crippen LogP contribution in [0.2, 0.25) is 5.02 Å². The lowest BCUT2D eigenvalue weighted by molar-refractivity contribution is 0.354. The Labute approximate surface area is 113 Å². The molecule has 0 spiro atoms. The SMILES string of the molecule is COc1ccc(CNCC2CC2C)c(Cl)c1OC. The van der Waals surface area contributed by atoms with Gasteiger partial charge in [-0.25, -0.2) is 0 Å². The van der Waals surface area contributed by atoms with Crippen molar-refractivity contribution in [3.8, 4) is 11.5 Å². The van der Waals surface area contributed by atoms with E-state index >= 15 is 0 Å². The summed E-state index contributed by atoms with van der Waals surface area (Å²) < 4.78 is 10.5. The summed E-state index contributed by atoms with van der Waals surface area (Å²) in [6.45, 7) is 4.12. The molecular formula is C14H20ClNO2. The summed E-state index contributed by atoms with van der Waals surface area (Å²) in [7, 11) is 3.22. The van der Waals surface area contributed by atoms with Crippen LogP contribution in [0.1, 0.15) is 18.9 Å². The van der Waals surface area contributed by atoms with Crippen molar-refractivity contribution < 1.29 is 9.47 Å². The summed E-state index contributed by atoms with van der Waals surface area (Å²) in [4.78, 5) is 0. The smallest absolute Gasteiger partial charge is 0.179 e. The van der Waals surface area contributed by atoms with Crippen molar-refractivity contribution >= 4 is 11.6 Å². The number of rotatable bonds is 6. The van der Waals surface area contributed by atoms with E-state index in [9.17, 15) is 0 Å². The third kappa shape index (κ3) is 2.90. The molecule has 1 fully saturated rings. The second-order valence-electron chi connectivity index (χ2n) is 4.88. The predicted octanol–water partition coefficient (Wildman–Crippen LogP) is 3.10. The second kappa shape index (κ2) is 5.81. The van der Waals surface area contributed by atoms with E-state index in [-0.39, 0.29) is 0 Å². The maximum atomic E-state index is 6.31. The highest BCUT2D eigenvalue weighted by atomic mass is 35.5. The molecule has 1 saturated carbocycles. The van der Waals surface area contributed by atoms with E-state index in [0.29, 0.717) is 16.5 Å². The number of halogens is 1. The zero-order chi connectivity index (χ0) is 13.1. The maximum absolute atomic E-state index is 6.31. The number of hydrogen-bond donors (Lipinski definition) is 1. The first-order chi connectivity index (χ1) is 8.67. The molecule has 0 saturated heterocycles. The quantitative estimate of drug-likeness (QED) is 0.861. The molecule has 100 valence electrons. The van der Waals surface area contributed by atoms with E-state index in [0.717, 1.165) is 30.5 Å². The van der Waals surface area contributed by atoms with E-state index in [1.54, 1.807) is 14.2 Å². The average molecular weight is 270 g/mol. The van der Waals surface area contributed by atoms with Crippen molar-refractivity contribution in [2.45, 2.75) is 19.9 Å². The normalized spacial score (nSPS) is 21.8. The molecule has 3 nitrogen and oxygen atoms in total. The van der Waals surface area contributed by atoms with Gasteiger partial charge in [-0.1, -0.05) is 24.6 Å². The standard InChI is InChI=1S/C14H20ClNO2/c1-9-6-11(9)8-16-7-10-4-5-12(17-2)14(18-3)13(10)15/h4-5,9,11,16H,6-8H2,1-3H3. The van der Waals surface area contributed by atoms with Crippen molar-refractivity contribution in [2.75, 3.05) is 20.8 Å². The fraction of sp³-hybridized carbons (Fsp3) is 0.571. The van der Waals surface area contributed by atoms with Crippen LogP contribution in [-0.2, 0) is 6.54 Å². The lowest BCUT2D eigenvalue weighted by atomic mass is 10.2. The van der Waals surface area contributed by atoms with Gasteiger partial charge in [0, 0.05) is 6.54 Å². The second-order valence-corrected chi connectivity index (χ2v) is 5.26. The summed E-state index contributed by atoms with van der Waals surface area (Å²) in [6, 6.07) is 3.87. The number of benzene rings is 1. The molecule has 1 aromatic rings. The Kier molecular flexibility index (Phi) is 4.36. The van der Waals surface area contributed by atoms with Gasteiger partial charge in [-0.3, -0.25) is 0 Å². The maximum Gasteiger partial charge on any atom is 0.179 e. The summed E-state index contributed by atoms with van der Waals surface area (Å²) in [5.74, 6) is 2.99. The van der Waals surface area contributed by atoms with Gasteiger partial charge in [0.15, 0.2) is 11.5 Å². The monoisotopic (exact) mass is 269 g/mol. The van der Waals surface area contributed by atoms with Crippen molar-refractivity contribution in [1.29, 1.82) is 0 Å². The molecule has 1 aromatic carbocycles. The molecule has 2 atom stereocenters. The first-order valence-electron chi connectivity index (χ1n) is 6.27. The molecular weight excluding hydrogens is 250 g/mol. The zero-order valence-electron chi connectivity index (χ0n) is 11.1. The number of hydrogen-bond acceptors (Lipinski definition) is 3. The van der Waals surface area contributed by atoms with E-state index in [4.69, 9.17) is 21.1 Å². The van der Waals surface area contributed by atoms with Crippen LogP contribution in [0, 0.1) is 11.8 Å². The molecule has 0 aromatic heterocycles. The number of ether oxygens (including phenoxy) is 2. The first kappa shape index (κ1) is 13.5. The highest BCUT2D eigenvalue weighted by Gasteiger charge is 2.31. The fourth-order valence-corrected chi connectivity index (χ4v) is 2.44. The summed E-state index contributed by atoms with van der Waals surface area (Å²) in [5, 5.41) is 4.08. The Morgan fingerprint density at radius 2 is 2.06 bits per heavy atom. The van der Waals surface area contributed by atoms with Gasteiger partial charge in [0.1, 0.15) is 0 Å². The van der Waals surface area contributed by atoms with E-state index in [2.05, 4.69) is 12.2 Å². The Bertz CT molecular complexity index is 423. The zero-order valence-corrected chi connectivity index (χ0v) is 11.9. The average Bonchev–Trinajstić information content (AvgIpc) is 3.07. The molecule has 0 amide bonds. The van der Waals surface area contributed by atoms with Gasteiger partial charge >= 0.3 is 0 Å². The molecule has 2 unspecified atom stereocenters. The van der Waals surface area contributed by atoms with Crippen LogP contribution in [-0.4, -0.2) is 20.8 Å². The van der Waals surface area contributed by atoms with Gasteiger partial charge in [-0.05, 0) is 36.4 Å². The summed E-state index contributed by atoms with van der Waals surface area (Å²) in [6.07, 6.45) is 1.34. The first-order valence-corrected chi connectivity index (χ1v) is 6.65. The number of methoxy groups -OCH3 is 2. The third-order valence-corrected chi connectivity index (χ3v) is 3.98. The molecule has 18 heavy (non-hydrogen) atoms. The Hall–Kier alpha value is -0.930. The van der Waals surface area contributed by atoms with E-state index in [1.807, 2.05) is 12.1 Å². The van der Waals surface area contributed by atoms with Gasteiger partial charge in [-0.2, -0.15) is 0 Å². The highest BCUT2D eigenvalue weighted by molar-refractivity contribution is 6.33. The van der Waals surface area contributed by atoms with Crippen LogP contribution in [0.4, 0.5) is 0 Å². The third-order valence-electron chi connectivity index (χ3n) is 3.56. The number of nitrogens with one attached hydrogen (secondary N) is 1. The minimum absolute atomic E-state index is 0.609. The molecule has 0 radical (unpaired) electrons. The van der Waals surface area contributed by atoms with Crippen LogP contribution in [0.3, 0.4) is 0 Å². The molecule has 0 heterocycles. The molecule has 1 N–H and O–H groups in total. The van der Waals surface area contributed by atoms with Crippen LogP contribution in [0.5, 0.6) is 11.5 Å². The summed E-state index contributed by atoms with van der Waals surface area (Å²) in [5.41, 5.74) is 1.04. The van der Waals surface area contributed by atoms with Crippen molar-refractivity contribution in [3.05, 3.63) is 22.7 Å². The van der Waals surface area contributed by atoms with Crippen LogP contribution < -0.4 is 14.8 Å². The minimum Gasteiger partial charge on any atom is -0.493 e. The van der Waals surface area contributed by atoms with Gasteiger partial charge in [-0.15, -0.1) is 0 Å². The Morgan fingerprint density at radius 1 is 1.33 bits per heavy atom. The highest BCUT2D eigenvalue weighted by Crippen LogP contribution is 2.38. The molecule has 1 aliphatic carbocycles. The lowest BCUT2D eigenvalue weighted by Crippen LogP contribution is -2.17. The van der Waals surface area contributed by atoms with Gasteiger partial charge < -0.3 is 14.8 Å². The minimum atomic E-state index is 0.609.